The first-order chi connectivity index (χ1) is 15.3. The molecule has 0 amide bonds. The highest BCUT2D eigenvalue weighted by Gasteiger charge is 2.50. The van der Waals surface area contributed by atoms with E-state index >= 15 is 0 Å². The van der Waals surface area contributed by atoms with E-state index in [0.717, 1.165) is 43.5 Å². The van der Waals surface area contributed by atoms with Crippen molar-refractivity contribution < 1.29 is 23.0 Å². The zero-order valence-electron chi connectivity index (χ0n) is 18.7. The fraction of sp³-hybridized carbons (Fsp3) is 0.760. The minimum absolute atomic E-state index is 0.366. The van der Waals surface area contributed by atoms with Gasteiger partial charge >= 0.3 is 6.18 Å². The first-order valence-corrected chi connectivity index (χ1v) is 12.2. The van der Waals surface area contributed by atoms with Crippen molar-refractivity contribution in [3.63, 3.8) is 0 Å². The second-order valence-corrected chi connectivity index (χ2v) is 10.9. The van der Waals surface area contributed by atoms with Crippen LogP contribution >= 0.6 is 0 Å². The Labute approximate surface area is 188 Å². The van der Waals surface area contributed by atoms with Crippen molar-refractivity contribution >= 4 is 5.69 Å². The molecule has 1 aliphatic heterocycles. The molecule has 0 spiro atoms. The largest absolute Gasteiger partial charge is 0.416 e. The van der Waals surface area contributed by atoms with Crippen LogP contribution in [-0.2, 0) is 10.9 Å². The number of halogens is 3. The standard InChI is InChI=1S/C25H35F3N2O2/c26-25(27,28)21-2-1-3-22(11-21)30-6-4-29(5-7-30)15-23(31)16-32-17-24-12-18-8-19(13-24)10-20(9-18)14-24/h1-3,11,18-20,23,31H,4-10,12-17H2. The smallest absolute Gasteiger partial charge is 0.389 e. The van der Waals surface area contributed by atoms with Gasteiger partial charge in [-0.3, -0.25) is 4.90 Å². The Bertz CT molecular complexity index is 756. The first-order valence-electron chi connectivity index (χ1n) is 12.2. The molecule has 1 heterocycles. The molecule has 4 saturated carbocycles. The average molecular weight is 453 g/mol. The molecule has 4 nitrogen and oxygen atoms in total. The van der Waals surface area contributed by atoms with Crippen LogP contribution in [0.25, 0.3) is 0 Å². The van der Waals surface area contributed by atoms with Crippen LogP contribution < -0.4 is 4.90 Å². The van der Waals surface area contributed by atoms with Gasteiger partial charge in [-0.1, -0.05) is 6.07 Å². The lowest BCUT2D eigenvalue weighted by molar-refractivity contribution is -0.137. The van der Waals surface area contributed by atoms with Gasteiger partial charge in [0.25, 0.3) is 0 Å². The van der Waals surface area contributed by atoms with Crippen LogP contribution in [0.4, 0.5) is 18.9 Å². The van der Waals surface area contributed by atoms with Gasteiger partial charge in [0.05, 0.1) is 24.9 Å². The third-order valence-electron chi connectivity index (χ3n) is 8.26. The molecule has 0 radical (unpaired) electrons. The Kier molecular flexibility index (Phi) is 6.18. The number of β-amino-alcohol motifs (C(OH)–C–C–N with tert-alkyl or cyclic N) is 1. The van der Waals surface area contributed by atoms with E-state index in [1.807, 2.05) is 4.90 Å². The maximum Gasteiger partial charge on any atom is 0.416 e. The van der Waals surface area contributed by atoms with Crippen molar-refractivity contribution in [2.24, 2.45) is 23.2 Å². The van der Waals surface area contributed by atoms with Gasteiger partial charge in [-0.25, -0.2) is 0 Å². The molecule has 1 saturated heterocycles. The fourth-order valence-electron chi connectivity index (χ4n) is 7.30. The van der Waals surface area contributed by atoms with Crippen LogP contribution in [0.1, 0.15) is 44.1 Å². The quantitative estimate of drug-likeness (QED) is 0.664. The SMILES string of the molecule is OC(COCC12CC3CC(CC(C3)C1)C2)CN1CCN(c2cccc(C(F)(F)F)c2)CC1. The van der Waals surface area contributed by atoms with E-state index in [9.17, 15) is 18.3 Å². The number of ether oxygens (including phenoxy) is 1. The summed E-state index contributed by atoms with van der Waals surface area (Å²) in [4.78, 5) is 4.17. The van der Waals surface area contributed by atoms with Crippen molar-refractivity contribution in [1.82, 2.24) is 4.90 Å². The number of nitrogens with zero attached hydrogens (tertiary/aromatic N) is 2. The summed E-state index contributed by atoms with van der Waals surface area (Å²) in [5, 5.41) is 10.5. The molecular formula is C25H35F3N2O2. The highest BCUT2D eigenvalue weighted by atomic mass is 19.4. The lowest BCUT2D eigenvalue weighted by atomic mass is 9.50. The second-order valence-electron chi connectivity index (χ2n) is 10.9. The van der Waals surface area contributed by atoms with Crippen LogP contribution in [0.2, 0.25) is 0 Å². The highest BCUT2D eigenvalue weighted by Crippen LogP contribution is 2.60. The maximum atomic E-state index is 13.0. The summed E-state index contributed by atoms with van der Waals surface area (Å²) in [6.45, 7) is 4.47. The van der Waals surface area contributed by atoms with Crippen LogP contribution in [0.5, 0.6) is 0 Å². The second kappa shape index (κ2) is 8.80. The predicted octanol–water partition coefficient (Wildman–Crippen LogP) is 4.42. The molecule has 1 aromatic rings. The lowest BCUT2D eigenvalue weighted by Gasteiger charge is -2.56. The van der Waals surface area contributed by atoms with Crippen molar-refractivity contribution in [2.75, 3.05) is 50.8 Å². The van der Waals surface area contributed by atoms with Gasteiger partial charge in [-0.05, 0) is 79.9 Å². The summed E-state index contributed by atoms with van der Waals surface area (Å²) in [5.41, 5.74) is 0.369. The molecule has 1 aromatic carbocycles. The molecule has 1 unspecified atom stereocenters. The Morgan fingerprint density at radius 2 is 1.62 bits per heavy atom. The van der Waals surface area contributed by atoms with Gasteiger partial charge in [0, 0.05) is 38.4 Å². The topological polar surface area (TPSA) is 35.9 Å². The lowest BCUT2D eigenvalue weighted by Crippen LogP contribution is -2.50. The summed E-state index contributed by atoms with van der Waals surface area (Å²) in [5.74, 6) is 2.72. The van der Waals surface area contributed by atoms with Crippen molar-refractivity contribution in [3.05, 3.63) is 29.8 Å². The van der Waals surface area contributed by atoms with E-state index in [2.05, 4.69) is 4.90 Å². The number of rotatable bonds is 7. The summed E-state index contributed by atoms with van der Waals surface area (Å²) < 4.78 is 45.0. The zero-order valence-corrected chi connectivity index (χ0v) is 18.7. The van der Waals surface area contributed by atoms with E-state index in [1.165, 1.54) is 50.7 Å². The molecule has 4 aliphatic carbocycles. The Hall–Kier alpha value is -1.31. The summed E-state index contributed by atoms with van der Waals surface area (Å²) in [6.07, 6.45) is 3.37. The molecule has 32 heavy (non-hydrogen) atoms. The molecule has 6 rings (SSSR count). The number of aliphatic hydroxyl groups excluding tert-OH is 1. The van der Waals surface area contributed by atoms with Gasteiger partial charge in [0.15, 0.2) is 0 Å². The van der Waals surface area contributed by atoms with Crippen molar-refractivity contribution in [1.29, 1.82) is 0 Å². The highest BCUT2D eigenvalue weighted by molar-refractivity contribution is 5.49. The number of hydrogen-bond acceptors (Lipinski definition) is 4. The van der Waals surface area contributed by atoms with Crippen LogP contribution in [-0.4, -0.2) is 62.0 Å². The summed E-state index contributed by atoms with van der Waals surface area (Å²) in [7, 11) is 0. The third-order valence-corrected chi connectivity index (χ3v) is 8.26. The number of piperazine rings is 1. The predicted molar refractivity (Wildman–Crippen MR) is 118 cm³/mol. The Morgan fingerprint density at radius 3 is 2.22 bits per heavy atom. The van der Waals surface area contributed by atoms with E-state index in [4.69, 9.17) is 4.74 Å². The molecule has 178 valence electrons. The van der Waals surface area contributed by atoms with E-state index in [-0.39, 0.29) is 0 Å². The molecular weight excluding hydrogens is 417 g/mol. The van der Waals surface area contributed by atoms with Crippen LogP contribution in [0, 0.1) is 23.2 Å². The summed E-state index contributed by atoms with van der Waals surface area (Å²) in [6, 6.07) is 5.54. The number of hydrogen-bond donors (Lipinski definition) is 1. The molecule has 7 heteroatoms. The van der Waals surface area contributed by atoms with Gasteiger partial charge in [0.2, 0.25) is 0 Å². The van der Waals surface area contributed by atoms with Crippen LogP contribution in [0.15, 0.2) is 24.3 Å². The van der Waals surface area contributed by atoms with E-state index in [1.54, 1.807) is 6.07 Å². The number of aliphatic hydroxyl groups is 1. The number of anilines is 1. The Morgan fingerprint density at radius 1 is 1.00 bits per heavy atom. The molecule has 4 bridgehead atoms. The zero-order chi connectivity index (χ0) is 22.3. The molecule has 5 fully saturated rings. The number of benzene rings is 1. The molecule has 5 aliphatic rings. The molecule has 1 atom stereocenters. The fourth-order valence-corrected chi connectivity index (χ4v) is 7.30. The van der Waals surface area contributed by atoms with Gasteiger partial charge in [-0.2, -0.15) is 13.2 Å². The van der Waals surface area contributed by atoms with E-state index in [0.29, 0.717) is 37.3 Å². The summed E-state index contributed by atoms with van der Waals surface area (Å²) >= 11 is 0. The third kappa shape index (κ3) is 4.95. The van der Waals surface area contributed by atoms with Crippen molar-refractivity contribution in [2.45, 2.75) is 50.8 Å². The maximum absolute atomic E-state index is 13.0. The first kappa shape index (κ1) is 22.5. The number of alkyl halides is 3. The average Bonchev–Trinajstić information content (AvgIpc) is 2.73. The van der Waals surface area contributed by atoms with Crippen LogP contribution in [0.3, 0.4) is 0 Å². The molecule has 0 aromatic heterocycles. The van der Waals surface area contributed by atoms with Gasteiger partial charge in [-0.15, -0.1) is 0 Å². The molecule has 1 N–H and O–H groups in total. The van der Waals surface area contributed by atoms with Gasteiger partial charge < -0.3 is 14.7 Å². The van der Waals surface area contributed by atoms with E-state index < -0.39 is 17.8 Å². The normalized spacial score (nSPS) is 33.6. The Balaban J connectivity index is 1.05. The monoisotopic (exact) mass is 452 g/mol. The van der Waals surface area contributed by atoms with Crippen molar-refractivity contribution in [3.8, 4) is 0 Å². The van der Waals surface area contributed by atoms with Gasteiger partial charge in [0.1, 0.15) is 0 Å². The minimum Gasteiger partial charge on any atom is -0.389 e. The minimum atomic E-state index is -4.32.